The zero-order valence-electron chi connectivity index (χ0n) is 25.2. The number of hydrazone groups is 1. The maximum Gasteiger partial charge on any atom is 0.343 e. The molecular formula is C35H23N5O9. The highest BCUT2D eigenvalue weighted by atomic mass is 16.6. The van der Waals surface area contributed by atoms with Crippen LogP contribution in [0.2, 0.25) is 0 Å². The first-order valence-corrected chi connectivity index (χ1v) is 14.3. The molecule has 5 aromatic carbocycles. The van der Waals surface area contributed by atoms with E-state index in [9.17, 15) is 34.6 Å². The molecule has 242 valence electrons. The van der Waals surface area contributed by atoms with Crippen LogP contribution in [0.5, 0.6) is 11.5 Å². The van der Waals surface area contributed by atoms with Gasteiger partial charge in [0.05, 0.1) is 32.9 Å². The van der Waals surface area contributed by atoms with Crippen molar-refractivity contribution in [2.45, 2.75) is 0 Å². The van der Waals surface area contributed by atoms with Gasteiger partial charge in [-0.2, -0.15) is 5.10 Å². The molecule has 1 N–H and O–H groups in total. The van der Waals surface area contributed by atoms with Crippen molar-refractivity contribution in [2.24, 2.45) is 10.1 Å². The van der Waals surface area contributed by atoms with Crippen LogP contribution in [0.3, 0.4) is 0 Å². The van der Waals surface area contributed by atoms with Crippen LogP contribution in [-0.2, 0) is 0 Å². The summed E-state index contributed by atoms with van der Waals surface area (Å²) in [5, 5.41) is 25.8. The number of hydrogen-bond donors (Lipinski definition) is 1. The lowest BCUT2D eigenvalue weighted by molar-refractivity contribution is -0.385. The van der Waals surface area contributed by atoms with Crippen molar-refractivity contribution in [3.05, 3.63) is 169 Å². The summed E-state index contributed by atoms with van der Waals surface area (Å²) in [5.41, 5.74) is 4.32. The van der Waals surface area contributed by atoms with Crippen LogP contribution in [0.4, 0.5) is 17.1 Å². The molecule has 0 atom stereocenters. The number of nitro benzene ring substituents is 2. The SMILES string of the molecule is O=C(N/N=C/c1ccc(OC(=O)c2cccc([N+](=O)[O-])c2)cc1)c1ccc(N=Cc2ccc(OC(=O)c3cccc([N+](=O)[O-])c3)cc2)cc1. The highest BCUT2D eigenvalue weighted by Gasteiger charge is 2.15. The molecule has 0 aliphatic carbocycles. The molecule has 0 aliphatic heterocycles. The summed E-state index contributed by atoms with van der Waals surface area (Å²) in [5.74, 6) is -1.45. The van der Waals surface area contributed by atoms with E-state index in [-0.39, 0.29) is 34.0 Å². The molecule has 0 fully saturated rings. The molecule has 5 aromatic rings. The fraction of sp³-hybridized carbons (Fsp3) is 0. The molecular weight excluding hydrogens is 634 g/mol. The first kappa shape index (κ1) is 33.0. The Morgan fingerprint density at radius 3 is 1.53 bits per heavy atom. The molecule has 14 heteroatoms. The van der Waals surface area contributed by atoms with Crippen molar-refractivity contribution in [1.82, 2.24) is 5.43 Å². The van der Waals surface area contributed by atoms with Gasteiger partial charge >= 0.3 is 11.9 Å². The monoisotopic (exact) mass is 657 g/mol. The third-order valence-corrected chi connectivity index (χ3v) is 6.64. The van der Waals surface area contributed by atoms with Crippen molar-refractivity contribution in [2.75, 3.05) is 0 Å². The first-order valence-electron chi connectivity index (χ1n) is 14.3. The number of carbonyl (C=O) groups is 3. The van der Waals surface area contributed by atoms with E-state index in [4.69, 9.17) is 9.47 Å². The predicted octanol–water partition coefficient (Wildman–Crippen LogP) is 6.46. The Balaban J connectivity index is 1.09. The highest BCUT2D eigenvalue weighted by molar-refractivity contribution is 5.95. The number of amides is 1. The Hall–Kier alpha value is -7.35. The second kappa shape index (κ2) is 15.3. The Labute approximate surface area is 277 Å². The minimum atomic E-state index is -0.744. The van der Waals surface area contributed by atoms with Crippen LogP contribution < -0.4 is 14.9 Å². The Bertz CT molecular complexity index is 2090. The number of non-ortho nitro benzene ring substituents is 2. The molecule has 0 radical (unpaired) electrons. The minimum Gasteiger partial charge on any atom is -0.423 e. The number of esters is 2. The van der Waals surface area contributed by atoms with E-state index in [1.165, 1.54) is 54.7 Å². The molecule has 49 heavy (non-hydrogen) atoms. The molecule has 0 aliphatic rings. The van der Waals surface area contributed by atoms with Gasteiger partial charge in [-0.1, -0.05) is 12.1 Å². The summed E-state index contributed by atoms with van der Waals surface area (Å²) in [4.78, 5) is 62.2. The Morgan fingerprint density at radius 1 is 0.592 bits per heavy atom. The van der Waals surface area contributed by atoms with Gasteiger partial charge in [0.1, 0.15) is 11.5 Å². The largest absolute Gasteiger partial charge is 0.423 e. The summed E-state index contributed by atoms with van der Waals surface area (Å²) in [6.45, 7) is 0. The zero-order chi connectivity index (χ0) is 34.8. The van der Waals surface area contributed by atoms with Crippen LogP contribution in [0, 0.1) is 20.2 Å². The first-order chi connectivity index (χ1) is 23.6. The highest BCUT2D eigenvalue weighted by Crippen LogP contribution is 2.20. The number of nitrogens with one attached hydrogen (secondary N) is 1. The number of carbonyl (C=O) groups excluding carboxylic acids is 3. The van der Waals surface area contributed by atoms with E-state index in [2.05, 4.69) is 15.5 Å². The Kier molecular flexibility index (Phi) is 10.3. The normalized spacial score (nSPS) is 10.9. The third-order valence-electron chi connectivity index (χ3n) is 6.64. The average molecular weight is 658 g/mol. The van der Waals surface area contributed by atoms with Crippen LogP contribution in [0.1, 0.15) is 42.2 Å². The average Bonchev–Trinajstić information content (AvgIpc) is 3.12. The van der Waals surface area contributed by atoms with Gasteiger partial charge in [-0.3, -0.25) is 30.0 Å². The fourth-order valence-corrected chi connectivity index (χ4v) is 4.15. The predicted molar refractivity (Wildman–Crippen MR) is 178 cm³/mol. The van der Waals surface area contributed by atoms with Crippen molar-refractivity contribution in [3.8, 4) is 11.5 Å². The lowest BCUT2D eigenvalue weighted by Crippen LogP contribution is -2.17. The van der Waals surface area contributed by atoms with Crippen molar-refractivity contribution < 1.29 is 33.7 Å². The maximum absolute atomic E-state index is 12.5. The molecule has 0 spiro atoms. The van der Waals surface area contributed by atoms with Crippen molar-refractivity contribution in [1.29, 1.82) is 0 Å². The van der Waals surface area contributed by atoms with Gasteiger partial charge in [-0.05, 0) is 96.1 Å². The van der Waals surface area contributed by atoms with E-state index in [1.807, 2.05) is 0 Å². The third kappa shape index (κ3) is 9.11. The molecule has 0 aromatic heterocycles. The summed E-state index contributed by atoms with van der Waals surface area (Å²) in [6, 6.07) is 29.7. The molecule has 0 saturated heterocycles. The second-order valence-electron chi connectivity index (χ2n) is 10.0. The summed E-state index contributed by atoms with van der Waals surface area (Å²) < 4.78 is 10.6. The topological polar surface area (TPSA) is 193 Å². The number of aliphatic imine (C=N–C) groups is 1. The van der Waals surface area contributed by atoms with Crippen LogP contribution >= 0.6 is 0 Å². The van der Waals surface area contributed by atoms with E-state index in [0.29, 0.717) is 22.4 Å². The maximum atomic E-state index is 12.5. The van der Waals surface area contributed by atoms with Gasteiger partial charge in [-0.25, -0.2) is 15.0 Å². The number of benzene rings is 5. The number of hydrogen-bond acceptors (Lipinski definition) is 11. The smallest absolute Gasteiger partial charge is 0.343 e. The van der Waals surface area contributed by atoms with Gasteiger partial charge in [0.25, 0.3) is 17.3 Å². The number of ether oxygens (including phenoxy) is 2. The Morgan fingerprint density at radius 2 is 1.06 bits per heavy atom. The quantitative estimate of drug-likeness (QED) is 0.0546. The van der Waals surface area contributed by atoms with Crippen LogP contribution in [-0.4, -0.2) is 40.1 Å². The van der Waals surface area contributed by atoms with Gasteiger partial charge in [0.2, 0.25) is 0 Å². The number of rotatable bonds is 11. The second-order valence-corrected chi connectivity index (χ2v) is 10.0. The molecule has 0 heterocycles. The molecule has 0 unspecified atom stereocenters. The number of nitrogens with zero attached hydrogens (tertiary/aromatic N) is 4. The summed E-state index contributed by atoms with van der Waals surface area (Å²) >= 11 is 0. The molecule has 0 saturated carbocycles. The van der Waals surface area contributed by atoms with Gasteiger partial charge in [0, 0.05) is 36.0 Å². The number of nitro groups is 2. The molecule has 5 rings (SSSR count). The zero-order valence-corrected chi connectivity index (χ0v) is 25.2. The summed E-state index contributed by atoms with van der Waals surface area (Å²) in [7, 11) is 0. The van der Waals surface area contributed by atoms with Gasteiger partial charge < -0.3 is 9.47 Å². The standard InChI is InChI=1S/C35H23N5O9/c41-33(38-37-22-24-9-17-32(18-10-24)49-35(43)27-4-2-6-30(20-27)40(46)47)25-11-13-28(14-12-25)36-21-23-7-15-31(16-8-23)48-34(42)26-3-1-5-29(19-26)39(44)45/h1-22H,(H,38,41)/b36-21?,37-22+. The van der Waals surface area contributed by atoms with Gasteiger partial charge in [0.15, 0.2) is 0 Å². The van der Waals surface area contributed by atoms with Crippen molar-refractivity contribution >= 4 is 47.3 Å². The molecule has 14 nitrogen and oxygen atoms in total. The molecule has 0 bridgehead atoms. The summed E-state index contributed by atoms with van der Waals surface area (Å²) in [6.07, 6.45) is 2.99. The van der Waals surface area contributed by atoms with Gasteiger partial charge in [-0.15, -0.1) is 0 Å². The fourth-order valence-electron chi connectivity index (χ4n) is 4.15. The van der Waals surface area contributed by atoms with Crippen LogP contribution in [0.15, 0.2) is 131 Å². The van der Waals surface area contributed by atoms with E-state index in [1.54, 1.807) is 66.9 Å². The molecule has 1 amide bonds. The van der Waals surface area contributed by atoms with Crippen LogP contribution in [0.25, 0.3) is 0 Å². The lowest BCUT2D eigenvalue weighted by Gasteiger charge is -2.05. The lowest BCUT2D eigenvalue weighted by atomic mass is 10.2. The van der Waals surface area contributed by atoms with E-state index in [0.717, 1.165) is 12.1 Å². The van der Waals surface area contributed by atoms with Crippen molar-refractivity contribution in [3.63, 3.8) is 0 Å². The van der Waals surface area contributed by atoms with E-state index >= 15 is 0 Å². The van der Waals surface area contributed by atoms with E-state index < -0.39 is 27.7 Å². The minimum absolute atomic E-state index is 0.0398.